The number of morpholine rings is 1. The van der Waals surface area contributed by atoms with Crippen molar-refractivity contribution in [3.63, 3.8) is 0 Å². The van der Waals surface area contributed by atoms with Gasteiger partial charge in [-0.25, -0.2) is 0 Å². The molecule has 0 saturated carbocycles. The van der Waals surface area contributed by atoms with Crippen LogP contribution in [-0.4, -0.2) is 47.4 Å². The molecule has 0 unspecified atom stereocenters. The summed E-state index contributed by atoms with van der Waals surface area (Å²) >= 11 is 10.1. The Kier molecular flexibility index (Phi) is 4.28. The molecule has 1 fully saturated rings. The summed E-state index contributed by atoms with van der Waals surface area (Å²) in [5.74, 6) is 0. The van der Waals surface area contributed by atoms with Crippen LogP contribution in [0.4, 0.5) is 5.69 Å². The summed E-state index contributed by atoms with van der Waals surface area (Å²) in [5.41, 5.74) is 2.19. The number of nitrogens with zero attached hydrogens (tertiary/aromatic N) is 3. The molecule has 1 aromatic heterocycles. The Labute approximate surface area is 132 Å². The molecule has 21 heavy (non-hydrogen) atoms. The number of nitrogens with one attached hydrogen (secondary N) is 2. The largest absolute Gasteiger partial charge is 0.378 e. The number of benzene rings is 1. The molecule has 1 aromatic carbocycles. The van der Waals surface area contributed by atoms with E-state index in [0.717, 1.165) is 31.9 Å². The summed E-state index contributed by atoms with van der Waals surface area (Å²) in [6.07, 6.45) is 1.73. The van der Waals surface area contributed by atoms with Crippen LogP contribution in [0.1, 0.15) is 5.56 Å². The highest BCUT2D eigenvalue weighted by molar-refractivity contribution is 7.72. The van der Waals surface area contributed by atoms with Crippen molar-refractivity contribution in [1.82, 2.24) is 14.9 Å². The van der Waals surface area contributed by atoms with Gasteiger partial charge in [-0.05, 0) is 42.1 Å². The summed E-state index contributed by atoms with van der Waals surface area (Å²) in [6, 6.07) is 8.22. The number of hydrogen-bond donors (Lipinski definition) is 2. The maximum atomic E-state index is 5.36. The summed E-state index contributed by atoms with van der Waals surface area (Å²) in [4.78, 5) is 2.31. The van der Waals surface area contributed by atoms with Gasteiger partial charge in [-0.3, -0.25) is 10.2 Å². The van der Waals surface area contributed by atoms with E-state index in [9.17, 15) is 0 Å². The molecule has 2 heterocycles. The van der Waals surface area contributed by atoms with Crippen LogP contribution in [-0.2, 0) is 4.74 Å². The van der Waals surface area contributed by atoms with Crippen LogP contribution >= 0.6 is 24.4 Å². The quantitative estimate of drug-likeness (QED) is 0.673. The van der Waals surface area contributed by atoms with E-state index in [2.05, 4.69) is 32.3 Å². The zero-order valence-electron chi connectivity index (χ0n) is 11.3. The first-order valence-corrected chi connectivity index (χ1v) is 7.42. The van der Waals surface area contributed by atoms with Gasteiger partial charge in [0.2, 0.25) is 9.54 Å². The smallest absolute Gasteiger partial charge is 0.215 e. The Hall–Kier alpha value is -1.77. The molecule has 8 heteroatoms. The Bertz CT molecular complexity index is 709. The van der Waals surface area contributed by atoms with Crippen LogP contribution in [0.15, 0.2) is 29.4 Å². The third kappa shape index (κ3) is 3.29. The van der Waals surface area contributed by atoms with Gasteiger partial charge >= 0.3 is 0 Å². The average molecular weight is 321 g/mol. The van der Waals surface area contributed by atoms with Crippen molar-refractivity contribution in [1.29, 1.82) is 0 Å². The molecule has 1 saturated heterocycles. The third-order valence-electron chi connectivity index (χ3n) is 3.25. The molecule has 0 bridgehead atoms. The number of rotatable bonds is 3. The molecular formula is C13H15N5OS2. The molecule has 0 aliphatic carbocycles. The van der Waals surface area contributed by atoms with Crippen molar-refractivity contribution >= 4 is 36.3 Å². The Balaban J connectivity index is 1.75. The van der Waals surface area contributed by atoms with Crippen molar-refractivity contribution in [2.24, 2.45) is 5.10 Å². The van der Waals surface area contributed by atoms with Gasteiger partial charge in [0.25, 0.3) is 0 Å². The maximum absolute atomic E-state index is 5.36. The molecule has 2 N–H and O–H groups in total. The summed E-state index contributed by atoms with van der Waals surface area (Å²) in [6.45, 7) is 3.43. The number of hydrogen-bond acceptors (Lipinski definition) is 5. The minimum Gasteiger partial charge on any atom is -0.378 e. The lowest BCUT2D eigenvalue weighted by atomic mass is 10.2. The molecule has 2 aromatic rings. The monoisotopic (exact) mass is 321 g/mol. The van der Waals surface area contributed by atoms with E-state index in [1.54, 1.807) is 6.21 Å². The molecule has 3 rings (SSSR count). The highest BCUT2D eigenvalue weighted by Crippen LogP contribution is 2.16. The molecule has 1 aliphatic rings. The Morgan fingerprint density at radius 1 is 1.05 bits per heavy atom. The normalized spacial score (nSPS) is 15.7. The highest BCUT2D eigenvalue weighted by Gasteiger charge is 2.10. The lowest BCUT2D eigenvalue weighted by Gasteiger charge is -2.28. The molecule has 0 spiro atoms. The van der Waals surface area contributed by atoms with E-state index < -0.39 is 0 Å². The van der Waals surface area contributed by atoms with Gasteiger partial charge in [0.05, 0.1) is 19.4 Å². The van der Waals surface area contributed by atoms with Crippen LogP contribution in [0.3, 0.4) is 0 Å². The van der Waals surface area contributed by atoms with Gasteiger partial charge < -0.3 is 9.64 Å². The molecule has 0 radical (unpaired) electrons. The molecule has 6 nitrogen and oxygen atoms in total. The molecule has 110 valence electrons. The first kappa shape index (κ1) is 14.2. The lowest BCUT2D eigenvalue weighted by molar-refractivity contribution is 0.122. The van der Waals surface area contributed by atoms with Gasteiger partial charge in [0.15, 0.2) is 0 Å². The molecule has 0 atom stereocenters. The van der Waals surface area contributed by atoms with Gasteiger partial charge in [-0.1, -0.05) is 12.1 Å². The van der Waals surface area contributed by atoms with Crippen LogP contribution in [0.25, 0.3) is 0 Å². The second-order valence-corrected chi connectivity index (χ2v) is 5.38. The third-order valence-corrected chi connectivity index (χ3v) is 3.80. The number of H-pyrrole nitrogens is 2. The van der Waals surface area contributed by atoms with Gasteiger partial charge in [-0.2, -0.15) is 9.78 Å². The van der Waals surface area contributed by atoms with Crippen molar-refractivity contribution in [2.75, 3.05) is 31.2 Å². The topological polar surface area (TPSA) is 61.3 Å². The Morgan fingerprint density at radius 3 is 2.29 bits per heavy atom. The summed E-state index contributed by atoms with van der Waals surface area (Å²) < 4.78 is 7.72. The van der Waals surface area contributed by atoms with E-state index in [0.29, 0.717) is 9.54 Å². The second-order valence-electron chi connectivity index (χ2n) is 4.61. The minimum atomic E-state index is 0.446. The van der Waals surface area contributed by atoms with Crippen LogP contribution in [0.2, 0.25) is 0 Å². The van der Waals surface area contributed by atoms with Crippen molar-refractivity contribution in [3.8, 4) is 0 Å². The fraction of sp³-hybridized carbons (Fsp3) is 0.308. The predicted molar refractivity (Wildman–Crippen MR) is 87.3 cm³/mol. The summed E-state index contributed by atoms with van der Waals surface area (Å²) in [7, 11) is 0. The second kappa shape index (κ2) is 6.33. The number of anilines is 1. The van der Waals surface area contributed by atoms with Crippen molar-refractivity contribution in [2.45, 2.75) is 0 Å². The first-order chi connectivity index (χ1) is 10.2. The van der Waals surface area contributed by atoms with Gasteiger partial charge in [-0.15, -0.1) is 0 Å². The van der Waals surface area contributed by atoms with E-state index in [1.807, 2.05) is 12.1 Å². The van der Waals surface area contributed by atoms with E-state index in [4.69, 9.17) is 29.2 Å². The zero-order valence-corrected chi connectivity index (χ0v) is 12.9. The van der Waals surface area contributed by atoms with Crippen molar-refractivity contribution < 1.29 is 4.74 Å². The standard InChI is InChI=1S/C13H15N5OS2/c20-12-15-16-13(21)18(12)14-9-10-1-3-11(4-2-10)17-5-7-19-8-6-17/h1-4,9H,5-8H2,(H,15,20)(H,16,21)/b14-9-. The van der Waals surface area contributed by atoms with Crippen LogP contribution < -0.4 is 4.90 Å². The predicted octanol–water partition coefficient (Wildman–Crippen LogP) is 2.32. The number of aromatic nitrogens is 3. The fourth-order valence-corrected chi connectivity index (χ4v) is 2.56. The van der Waals surface area contributed by atoms with Crippen LogP contribution in [0, 0.1) is 9.54 Å². The maximum Gasteiger partial charge on any atom is 0.215 e. The average Bonchev–Trinajstić information content (AvgIpc) is 2.85. The SMILES string of the molecule is S=c1[nH][nH]c(=S)n1/N=C\c1ccc(N2CCOCC2)cc1. The van der Waals surface area contributed by atoms with Crippen LogP contribution in [0.5, 0.6) is 0 Å². The van der Waals surface area contributed by atoms with Crippen molar-refractivity contribution in [3.05, 3.63) is 39.4 Å². The number of aromatic amines is 2. The fourth-order valence-electron chi connectivity index (χ4n) is 2.13. The van der Waals surface area contributed by atoms with E-state index in [-0.39, 0.29) is 0 Å². The van der Waals surface area contributed by atoms with E-state index in [1.165, 1.54) is 10.4 Å². The molecule has 1 aliphatic heterocycles. The number of ether oxygens (including phenoxy) is 1. The zero-order chi connectivity index (χ0) is 14.7. The lowest BCUT2D eigenvalue weighted by Crippen LogP contribution is -2.36. The summed E-state index contributed by atoms with van der Waals surface area (Å²) in [5, 5.41) is 9.75. The van der Waals surface area contributed by atoms with Gasteiger partial charge in [0.1, 0.15) is 0 Å². The van der Waals surface area contributed by atoms with E-state index >= 15 is 0 Å². The highest BCUT2D eigenvalue weighted by atomic mass is 32.1. The molecular weight excluding hydrogens is 306 g/mol. The molecule has 0 amide bonds. The van der Waals surface area contributed by atoms with Gasteiger partial charge in [0, 0.05) is 18.8 Å². The first-order valence-electron chi connectivity index (χ1n) is 6.61. The Morgan fingerprint density at radius 2 is 1.67 bits per heavy atom. The minimum absolute atomic E-state index is 0.446.